The van der Waals surface area contributed by atoms with Gasteiger partial charge < -0.3 is 10.6 Å². The Morgan fingerprint density at radius 2 is 2.07 bits per heavy atom. The van der Waals surface area contributed by atoms with Gasteiger partial charge in [0.25, 0.3) is 0 Å². The minimum absolute atomic E-state index is 0.515. The van der Waals surface area contributed by atoms with Crippen molar-refractivity contribution in [2.75, 3.05) is 14.1 Å². The van der Waals surface area contributed by atoms with Crippen LogP contribution in [0.1, 0.15) is 36.9 Å². The van der Waals surface area contributed by atoms with Crippen LogP contribution in [0.3, 0.4) is 0 Å². The molecule has 1 aromatic carbocycles. The molecule has 0 radical (unpaired) electrons. The summed E-state index contributed by atoms with van der Waals surface area (Å²) in [6.45, 7) is 2.85. The molecule has 2 heteroatoms. The molecule has 1 rings (SSSR count). The van der Waals surface area contributed by atoms with Crippen LogP contribution in [0.5, 0.6) is 0 Å². The predicted molar refractivity (Wildman–Crippen MR) is 65.7 cm³/mol. The zero-order valence-electron chi connectivity index (χ0n) is 10.0. The summed E-state index contributed by atoms with van der Waals surface area (Å²) in [5.74, 6) is 0. The molecule has 2 nitrogen and oxygen atoms in total. The number of nitrogens with zero attached hydrogens (tertiary/aromatic N) is 1. The van der Waals surface area contributed by atoms with Crippen molar-refractivity contribution < 1.29 is 0 Å². The molecule has 84 valence electrons. The fourth-order valence-corrected chi connectivity index (χ4v) is 1.92. The van der Waals surface area contributed by atoms with E-state index in [0.29, 0.717) is 12.6 Å². The van der Waals surface area contributed by atoms with E-state index >= 15 is 0 Å². The third-order valence-electron chi connectivity index (χ3n) is 2.76. The second-order valence-corrected chi connectivity index (χ2v) is 4.22. The first-order chi connectivity index (χ1) is 7.19. The smallest absolute Gasteiger partial charge is 0.0342 e. The van der Waals surface area contributed by atoms with Gasteiger partial charge in [0, 0.05) is 12.6 Å². The fraction of sp³-hybridized carbons (Fsp3) is 0.538. The Bertz CT molecular complexity index is 294. The number of hydrogen-bond donors (Lipinski definition) is 1. The van der Waals surface area contributed by atoms with Gasteiger partial charge >= 0.3 is 0 Å². The van der Waals surface area contributed by atoms with Gasteiger partial charge in [-0.3, -0.25) is 0 Å². The lowest BCUT2D eigenvalue weighted by Gasteiger charge is -2.24. The normalized spacial score (nSPS) is 13.1. The van der Waals surface area contributed by atoms with Crippen molar-refractivity contribution >= 4 is 0 Å². The van der Waals surface area contributed by atoms with Crippen LogP contribution in [0.25, 0.3) is 0 Å². The number of benzene rings is 1. The molecule has 0 heterocycles. The molecule has 0 fully saturated rings. The Kier molecular flexibility index (Phi) is 4.79. The van der Waals surface area contributed by atoms with Crippen molar-refractivity contribution in [3.05, 3.63) is 35.4 Å². The minimum atomic E-state index is 0.515. The molecule has 0 saturated heterocycles. The molecule has 0 aliphatic carbocycles. The van der Waals surface area contributed by atoms with Gasteiger partial charge in [-0.15, -0.1) is 0 Å². The van der Waals surface area contributed by atoms with Crippen molar-refractivity contribution in [1.82, 2.24) is 4.90 Å². The number of hydrogen-bond acceptors (Lipinski definition) is 2. The standard InChI is InChI=1S/C13H22N2/c1-4-6-13(15(2)3)12-8-5-7-11(9-12)10-14/h5,7-9,13H,4,6,10,14H2,1-3H3. The van der Waals surface area contributed by atoms with E-state index in [1.165, 1.54) is 24.0 Å². The van der Waals surface area contributed by atoms with Crippen LogP contribution in [0.15, 0.2) is 24.3 Å². The van der Waals surface area contributed by atoms with Crippen molar-refractivity contribution in [3.63, 3.8) is 0 Å². The van der Waals surface area contributed by atoms with Gasteiger partial charge in [-0.05, 0) is 31.6 Å². The van der Waals surface area contributed by atoms with Gasteiger partial charge in [-0.1, -0.05) is 37.6 Å². The Labute approximate surface area is 93.1 Å². The predicted octanol–water partition coefficient (Wildman–Crippen LogP) is 2.55. The summed E-state index contributed by atoms with van der Waals surface area (Å²) in [7, 11) is 4.27. The second kappa shape index (κ2) is 5.89. The Morgan fingerprint density at radius 3 is 2.60 bits per heavy atom. The van der Waals surface area contributed by atoms with Crippen molar-refractivity contribution in [2.45, 2.75) is 32.4 Å². The Balaban J connectivity index is 2.89. The van der Waals surface area contributed by atoms with E-state index in [1.54, 1.807) is 0 Å². The summed E-state index contributed by atoms with van der Waals surface area (Å²) in [6.07, 6.45) is 2.40. The lowest BCUT2D eigenvalue weighted by molar-refractivity contribution is 0.282. The quantitative estimate of drug-likeness (QED) is 0.802. The zero-order chi connectivity index (χ0) is 11.3. The summed E-state index contributed by atoms with van der Waals surface area (Å²) in [5.41, 5.74) is 8.25. The second-order valence-electron chi connectivity index (χ2n) is 4.22. The first-order valence-corrected chi connectivity index (χ1v) is 5.64. The van der Waals surface area contributed by atoms with Gasteiger partial charge in [0.05, 0.1) is 0 Å². The molecule has 0 aliphatic rings. The number of rotatable bonds is 5. The van der Waals surface area contributed by atoms with Crippen LogP contribution in [0, 0.1) is 0 Å². The molecule has 0 amide bonds. The van der Waals surface area contributed by atoms with Gasteiger partial charge in [-0.25, -0.2) is 0 Å². The van der Waals surface area contributed by atoms with E-state index in [-0.39, 0.29) is 0 Å². The molecule has 1 unspecified atom stereocenters. The average molecular weight is 206 g/mol. The summed E-state index contributed by atoms with van der Waals surface area (Å²) in [6, 6.07) is 9.12. The first-order valence-electron chi connectivity index (χ1n) is 5.64. The summed E-state index contributed by atoms with van der Waals surface area (Å²) in [4.78, 5) is 2.28. The lowest BCUT2D eigenvalue weighted by atomic mass is 9.99. The SMILES string of the molecule is CCCC(c1cccc(CN)c1)N(C)C. The highest BCUT2D eigenvalue weighted by Gasteiger charge is 2.12. The maximum atomic E-state index is 5.66. The third-order valence-corrected chi connectivity index (χ3v) is 2.76. The third kappa shape index (κ3) is 3.33. The maximum absolute atomic E-state index is 5.66. The van der Waals surface area contributed by atoms with Crippen LogP contribution < -0.4 is 5.73 Å². The van der Waals surface area contributed by atoms with Gasteiger partial charge in [0.1, 0.15) is 0 Å². The summed E-state index contributed by atoms with van der Waals surface area (Å²) >= 11 is 0. The van der Waals surface area contributed by atoms with Gasteiger partial charge in [0.2, 0.25) is 0 Å². The Hall–Kier alpha value is -0.860. The largest absolute Gasteiger partial charge is 0.326 e. The molecule has 0 bridgehead atoms. The molecule has 15 heavy (non-hydrogen) atoms. The topological polar surface area (TPSA) is 29.3 Å². The molecule has 0 aliphatic heterocycles. The van der Waals surface area contributed by atoms with E-state index in [9.17, 15) is 0 Å². The van der Waals surface area contributed by atoms with Gasteiger partial charge in [0.15, 0.2) is 0 Å². The number of nitrogens with two attached hydrogens (primary N) is 1. The molecule has 0 aromatic heterocycles. The van der Waals surface area contributed by atoms with Crippen LogP contribution in [0.2, 0.25) is 0 Å². The zero-order valence-corrected chi connectivity index (χ0v) is 10.0. The summed E-state index contributed by atoms with van der Waals surface area (Å²) in [5, 5.41) is 0. The Morgan fingerprint density at radius 1 is 1.33 bits per heavy atom. The van der Waals surface area contributed by atoms with E-state index < -0.39 is 0 Å². The van der Waals surface area contributed by atoms with Crippen molar-refractivity contribution in [3.8, 4) is 0 Å². The van der Waals surface area contributed by atoms with E-state index in [4.69, 9.17) is 5.73 Å². The van der Waals surface area contributed by atoms with Crippen LogP contribution in [0.4, 0.5) is 0 Å². The average Bonchev–Trinajstić information content (AvgIpc) is 2.25. The molecular formula is C13H22N2. The highest BCUT2D eigenvalue weighted by Crippen LogP contribution is 2.23. The molecular weight excluding hydrogens is 184 g/mol. The van der Waals surface area contributed by atoms with Crippen LogP contribution in [-0.2, 0) is 6.54 Å². The molecule has 2 N–H and O–H groups in total. The van der Waals surface area contributed by atoms with Gasteiger partial charge in [-0.2, -0.15) is 0 Å². The van der Waals surface area contributed by atoms with Crippen molar-refractivity contribution in [1.29, 1.82) is 0 Å². The molecule has 0 saturated carbocycles. The van der Waals surface area contributed by atoms with E-state index in [2.05, 4.69) is 50.2 Å². The fourth-order valence-electron chi connectivity index (χ4n) is 1.92. The molecule has 1 aromatic rings. The lowest BCUT2D eigenvalue weighted by Crippen LogP contribution is -2.20. The van der Waals surface area contributed by atoms with Crippen molar-refractivity contribution in [2.24, 2.45) is 5.73 Å². The highest BCUT2D eigenvalue weighted by molar-refractivity contribution is 5.26. The summed E-state index contributed by atoms with van der Waals surface area (Å²) < 4.78 is 0. The molecule has 1 atom stereocenters. The van der Waals surface area contributed by atoms with Crippen LogP contribution in [-0.4, -0.2) is 19.0 Å². The maximum Gasteiger partial charge on any atom is 0.0342 e. The van der Waals surface area contributed by atoms with E-state index in [0.717, 1.165) is 0 Å². The first kappa shape index (κ1) is 12.2. The van der Waals surface area contributed by atoms with E-state index in [1.807, 2.05) is 0 Å². The minimum Gasteiger partial charge on any atom is -0.326 e. The molecule has 0 spiro atoms. The monoisotopic (exact) mass is 206 g/mol. The van der Waals surface area contributed by atoms with Crippen LogP contribution >= 0.6 is 0 Å². The highest BCUT2D eigenvalue weighted by atomic mass is 15.1.